The van der Waals surface area contributed by atoms with Crippen LogP contribution in [0.3, 0.4) is 0 Å². The molecule has 0 bridgehead atoms. The average molecular weight is 511 g/mol. The summed E-state index contributed by atoms with van der Waals surface area (Å²) >= 11 is 5.89. The molecule has 184 valence electrons. The maximum absolute atomic E-state index is 13.6. The quantitative estimate of drug-likeness (QED) is 0.617. The first-order valence-corrected chi connectivity index (χ1v) is 13.4. The summed E-state index contributed by atoms with van der Waals surface area (Å²) < 4.78 is 44.4. The van der Waals surface area contributed by atoms with E-state index in [0.717, 1.165) is 5.56 Å². The zero-order valence-corrected chi connectivity index (χ0v) is 20.5. The van der Waals surface area contributed by atoms with Crippen LogP contribution in [-0.4, -0.2) is 85.7 Å². The molecule has 0 spiro atoms. The number of rotatable bonds is 5. The van der Waals surface area contributed by atoms with E-state index in [0.29, 0.717) is 63.2 Å². The van der Waals surface area contributed by atoms with Crippen LogP contribution in [0.1, 0.15) is 17.9 Å². The van der Waals surface area contributed by atoms with Crippen molar-refractivity contribution in [2.75, 3.05) is 52.1 Å². The first kappa shape index (κ1) is 24.7. The molecule has 11 heteroatoms. The van der Waals surface area contributed by atoms with Gasteiger partial charge in [-0.05, 0) is 30.2 Å². The van der Waals surface area contributed by atoms with E-state index in [1.165, 1.54) is 28.9 Å². The van der Waals surface area contributed by atoms with Crippen LogP contribution in [0.2, 0.25) is 5.02 Å². The molecule has 3 heterocycles. The summed E-state index contributed by atoms with van der Waals surface area (Å²) in [6.45, 7) is 2.75. The Balaban J connectivity index is 1.44. The predicted molar refractivity (Wildman–Crippen MR) is 127 cm³/mol. The first-order chi connectivity index (χ1) is 16.2. The van der Waals surface area contributed by atoms with Crippen molar-refractivity contribution in [3.05, 3.63) is 59.0 Å². The van der Waals surface area contributed by atoms with Gasteiger partial charge in [0.15, 0.2) is 0 Å². The van der Waals surface area contributed by atoms with Crippen LogP contribution >= 0.6 is 11.6 Å². The molecule has 2 amide bonds. The number of benzene rings is 1. The molecule has 2 aliphatic heterocycles. The van der Waals surface area contributed by atoms with Gasteiger partial charge >= 0.3 is 6.03 Å². The fraction of sp³-hybridized carbons (Fsp3) is 0.478. The number of carbonyl (C=O) groups excluding carboxylic acids is 1. The third-order valence-electron chi connectivity index (χ3n) is 6.45. The van der Waals surface area contributed by atoms with Gasteiger partial charge in [0.25, 0.3) is 0 Å². The molecule has 1 aromatic heterocycles. The Kier molecular flexibility index (Phi) is 7.59. The normalized spacial score (nSPS) is 22.0. The fourth-order valence-corrected chi connectivity index (χ4v) is 5.45. The lowest BCUT2D eigenvalue weighted by molar-refractivity contribution is 0.0958. The van der Waals surface area contributed by atoms with Crippen LogP contribution < -0.4 is 4.74 Å². The van der Waals surface area contributed by atoms with Gasteiger partial charge in [0.2, 0.25) is 15.9 Å². The summed E-state index contributed by atoms with van der Waals surface area (Å²) in [6, 6.07) is 9.70. The average Bonchev–Trinajstić information content (AvgIpc) is 2.83. The number of amides is 2. The second-order valence-corrected chi connectivity index (χ2v) is 11.1. The number of halogens is 2. The SMILES string of the molecule is CS(=O)(=O)N1CCN(C(=O)N2CCC(COc3ccc(Cl)cn3)C(c3ccc(F)cc3)C2)CC1. The van der Waals surface area contributed by atoms with Crippen molar-refractivity contribution in [1.82, 2.24) is 19.1 Å². The largest absolute Gasteiger partial charge is 0.477 e. The van der Waals surface area contributed by atoms with Gasteiger partial charge in [0.05, 0.1) is 17.9 Å². The Hall–Kier alpha value is -2.43. The lowest BCUT2D eigenvalue weighted by Gasteiger charge is -2.42. The number of hydrogen-bond donors (Lipinski definition) is 0. The third kappa shape index (κ3) is 5.97. The molecule has 8 nitrogen and oxygen atoms in total. The maximum atomic E-state index is 13.6. The number of sulfonamides is 1. The molecule has 0 N–H and O–H groups in total. The highest BCUT2D eigenvalue weighted by atomic mass is 35.5. The number of piperazine rings is 1. The van der Waals surface area contributed by atoms with Gasteiger partial charge in [-0.3, -0.25) is 0 Å². The Bertz CT molecular complexity index is 1090. The molecule has 4 rings (SSSR count). The predicted octanol–water partition coefficient (Wildman–Crippen LogP) is 3.06. The zero-order chi connectivity index (χ0) is 24.3. The molecule has 2 saturated heterocycles. The zero-order valence-electron chi connectivity index (χ0n) is 18.9. The molecule has 0 aliphatic carbocycles. The molecule has 1 aromatic carbocycles. The monoisotopic (exact) mass is 510 g/mol. The van der Waals surface area contributed by atoms with Crippen LogP contribution in [0.5, 0.6) is 5.88 Å². The van der Waals surface area contributed by atoms with Crippen molar-refractivity contribution >= 4 is 27.7 Å². The van der Waals surface area contributed by atoms with E-state index in [1.807, 2.05) is 0 Å². The number of aromatic nitrogens is 1. The molecule has 34 heavy (non-hydrogen) atoms. The molecule has 0 saturated carbocycles. The van der Waals surface area contributed by atoms with Crippen LogP contribution in [0.15, 0.2) is 42.6 Å². The Labute approximate surface area is 204 Å². The number of likely N-dealkylation sites (tertiary alicyclic amines) is 1. The van der Waals surface area contributed by atoms with E-state index in [1.54, 1.807) is 34.1 Å². The van der Waals surface area contributed by atoms with Gasteiger partial charge in [-0.2, -0.15) is 4.31 Å². The summed E-state index contributed by atoms with van der Waals surface area (Å²) in [5, 5.41) is 0.528. The van der Waals surface area contributed by atoms with Crippen LogP contribution in [0.25, 0.3) is 0 Å². The minimum atomic E-state index is -3.26. The molecule has 2 unspecified atom stereocenters. The Morgan fingerprint density at radius 2 is 1.79 bits per heavy atom. The smallest absolute Gasteiger partial charge is 0.320 e. The second kappa shape index (κ2) is 10.5. The van der Waals surface area contributed by atoms with E-state index in [9.17, 15) is 17.6 Å². The number of carbonyl (C=O) groups is 1. The van der Waals surface area contributed by atoms with Crippen LogP contribution in [-0.2, 0) is 10.0 Å². The molecule has 2 aromatic rings. The van der Waals surface area contributed by atoms with Crippen molar-refractivity contribution in [3.8, 4) is 5.88 Å². The van der Waals surface area contributed by atoms with Crippen molar-refractivity contribution in [2.24, 2.45) is 5.92 Å². The molecule has 2 atom stereocenters. The molecular weight excluding hydrogens is 483 g/mol. The van der Waals surface area contributed by atoms with E-state index >= 15 is 0 Å². The summed E-state index contributed by atoms with van der Waals surface area (Å²) in [7, 11) is -3.26. The lowest BCUT2D eigenvalue weighted by atomic mass is 9.81. The minimum Gasteiger partial charge on any atom is -0.477 e. The Morgan fingerprint density at radius 3 is 2.41 bits per heavy atom. The summed E-state index contributed by atoms with van der Waals surface area (Å²) in [6.07, 6.45) is 3.42. The maximum Gasteiger partial charge on any atom is 0.320 e. The topological polar surface area (TPSA) is 83.1 Å². The number of urea groups is 1. The molecule has 0 radical (unpaired) electrons. The van der Waals surface area contributed by atoms with Crippen molar-refractivity contribution in [2.45, 2.75) is 12.3 Å². The van der Waals surface area contributed by atoms with E-state index < -0.39 is 10.0 Å². The molecule has 2 aliphatic rings. The van der Waals surface area contributed by atoms with Gasteiger partial charge < -0.3 is 14.5 Å². The number of hydrogen-bond acceptors (Lipinski definition) is 5. The number of piperidine rings is 1. The Morgan fingerprint density at radius 1 is 1.09 bits per heavy atom. The molecular formula is C23H28ClFN4O4S. The summed E-state index contributed by atoms with van der Waals surface area (Å²) in [4.78, 5) is 20.9. The van der Waals surface area contributed by atoms with Gasteiger partial charge in [0, 0.05) is 63.4 Å². The van der Waals surface area contributed by atoms with Gasteiger partial charge in [-0.25, -0.2) is 22.6 Å². The highest BCUT2D eigenvalue weighted by Crippen LogP contribution is 2.34. The third-order valence-corrected chi connectivity index (χ3v) is 7.98. The van der Waals surface area contributed by atoms with Crippen molar-refractivity contribution in [3.63, 3.8) is 0 Å². The van der Waals surface area contributed by atoms with E-state index in [2.05, 4.69) is 4.98 Å². The van der Waals surface area contributed by atoms with Crippen LogP contribution in [0.4, 0.5) is 9.18 Å². The van der Waals surface area contributed by atoms with E-state index in [4.69, 9.17) is 16.3 Å². The van der Waals surface area contributed by atoms with Crippen LogP contribution in [0, 0.1) is 11.7 Å². The summed E-state index contributed by atoms with van der Waals surface area (Å²) in [5.41, 5.74) is 0.943. The van der Waals surface area contributed by atoms with Gasteiger partial charge in [-0.15, -0.1) is 0 Å². The lowest BCUT2D eigenvalue weighted by Crippen LogP contribution is -2.56. The first-order valence-electron chi connectivity index (χ1n) is 11.2. The summed E-state index contributed by atoms with van der Waals surface area (Å²) in [5.74, 6) is 0.232. The minimum absolute atomic E-state index is 0.0390. The van der Waals surface area contributed by atoms with Crippen molar-refractivity contribution < 1.29 is 22.3 Å². The fourth-order valence-electron chi connectivity index (χ4n) is 4.51. The standard InChI is InChI=1S/C23H28ClFN4O4S/c1-34(31,32)29-12-10-27(11-13-29)23(30)28-9-8-18(16-33-22-7-4-19(24)14-26-22)21(15-28)17-2-5-20(25)6-3-17/h2-7,14,18,21H,8-13,15-16H2,1H3. The van der Waals surface area contributed by atoms with Gasteiger partial charge in [-0.1, -0.05) is 23.7 Å². The number of ether oxygens (including phenoxy) is 1. The van der Waals surface area contributed by atoms with Gasteiger partial charge in [0.1, 0.15) is 5.82 Å². The van der Waals surface area contributed by atoms with E-state index in [-0.39, 0.29) is 23.7 Å². The van der Waals surface area contributed by atoms with Crippen molar-refractivity contribution in [1.29, 1.82) is 0 Å². The highest BCUT2D eigenvalue weighted by molar-refractivity contribution is 7.88. The number of nitrogens with zero attached hydrogens (tertiary/aromatic N) is 4. The highest BCUT2D eigenvalue weighted by Gasteiger charge is 2.36. The second-order valence-electron chi connectivity index (χ2n) is 8.71. The molecule has 2 fully saturated rings. The number of pyridine rings is 1.